The van der Waals surface area contributed by atoms with Gasteiger partial charge in [-0.3, -0.25) is 9.59 Å². The van der Waals surface area contributed by atoms with E-state index in [-0.39, 0.29) is 23.4 Å². The van der Waals surface area contributed by atoms with Crippen molar-refractivity contribution in [3.63, 3.8) is 0 Å². The molecule has 3 aliphatic rings. The lowest BCUT2D eigenvalue weighted by Gasteiger charge is -2.44. The highest BCUT2D eigenvalue weighted by Gasteiger charge is 2.74. The maximum absolute atomic E-state index is 14.5. The van der Waals surface area contributed by atoms with E-state index in [9.17, 15) is 9.59 Å². The van der Waals surface area contributed by atoms with Gasteiger partial charge < -0.3 is 19.9 Å². The molecular weight excluding hydrogens is 450 g/mol. The van der Waals surface area contributed by atoms with Gasteiger partial charge in [-0.25, -0.2) is 0 Å². The summed E-state index contributed by atoms with van der Waals surface area (Å²) >= 11 is 0. The highest BCUT2D eigenvalue weighted by molar-refractivity contribution is 6.09. The smallest absolute Gasteiger partial charge is 0.251 e. The number of nitrogens with one attached hydrogen (secondary N) is 1. The van der Waals surface area contributed by atoms with E-state index in [0.29, 0.717) is 12.1 Å². The second-order valence-corrected chi connectivity index (χ2v) is 12.1. The van der Waals surface area contributed by atoms with E-state index in [4.69, 9.17) is 4.74 Å². The highest BCUT2D eigenvalue weighted by Crippen LogP contribution is 2.60. The zero-order valence-corrected chi connectivity index (χ0v) is 22.4. The number of likely N-dealkylation sites (tertiary alicyclic amines) is 2. The fourth-order valence-corrected chi connectivity index (χ4v) is 7.15. The van der Waals surface area contributed by atoms with Crippen LogP contribution in [0.5, 0.6) is 5.75 Å². The molecule has 2 fully saturated rings. The number of nitrogens with zero attached hydrogens (tertiary/aromatic N) is 2. The van der Waals surface area contributed by atoms with Gasteiger partial charge in [0.25, 0.3) is 5.91 Å². The van der Waals surface area contributed by atoms with Crippen LogP contribution in [0.1, 0.15) is 59.1 Å². The summed E-state index contributed by atoms with van der Waals surface area (Å²) < 4.78 is 5.31. The molecule has 2 amide bonds. The van der Waals surface area contributed by atoms with E-state index < -0.39 is 17.0 Å². The Morgan fingerprint density at radius 1 is 1.03 bits per heavy atom. The number of amides is 2. The summed E-state index contributed by atoms with van der Waals surface area (Å²) in [7, 11) is 1.64. The van der Waals surface area contributed by atoms with Gasteiger partial charge in [0.05, 0.1) is 12.5 Å². The number of hydrogen-bond acceptors (Lipinski definition) is 4. The van der Waals surface area contributed by atoms with Gasteiger partial charge in [0.2, 0.25) is 5.91 Å². The zero-order valence-electron chi connectivity index (χ0n) is 22.4. The van der Waals surface area contributed by atoms with Crippen LogP contribution < -0.4 is 10.1 Å². The van der Waals surface area contributed by atoms with Crippen molar-refractivity contribution in [3.05, 3.63) is 71.3 Å². The van der Waals surface area contributed by atoms with Crippen molar-refractivity contribution in [2.75, 3.05) is 12.4 Å². The highest BCUT2D eigenvalue weighted by atomic mass is 16.5. The molecule has 190 valence electrons. The van der Waals surface area contributed by atoms with Crippen LogP contribution in [0, 0.1) is 5.41 Å². The summed E-state index contributed by atoms with van der Waals surface area (Å²) in [6.07, 6.45) is 2.43. The van der Waals surface area contributed by atoms with Crippen molar-refractivity contribution in [2.24, 2.45) is 5.41 Å². The lowest BCUT2D eigenvalue weighted by molar-refractivity contribution is -0.143. The van der Waals surface area contributed by atoms with Crippen LogP contribution in [-0.4, -0.2) is 46.5 Å². The molecule has 6 heteroatoms. The lowest BCUT2D eigenvalue weighted by atomic mass is 9.72. The standard InChI is InChI=1S/C30H37N3O3/c1-8-21-25(34)32(17-19-13-15-20(36-7)16-14-19)24-26(35)33(29(5,6)18-28(2,3)4)27-30(21,24)22-11-9-10-12-23(22)31-27/h8-16,24,27,31H,17-18H2,1-7H3/b21-8-/t24-,27-,30+/m0/s1. The maximum atomic E-state index is 14.5. The third kappa shape index (κ3) is 3.37. The number of hydrogen-bond donors (Lipinski definition) is 1. The monoisotopic (exact) mass is 487 g/mol. The molecule has 2 aromatic rings. The van der Waals surface area contributed by atoms with Gasteiger partial charge in [0.1, 0.15) is 18.0 Å². The number of carbonyl (C=O) groups is 2. The van der Waals surface area contributed by atoms with Gasteiger partial charge in [-0.2, -0.15) is 0 Å². The zero-order chi connectivity index (χ0) is 26.0. The van der Waals surface area contributed by atoms with Crippen molar-refractivity contribution in [1.82, 2.24) is 9.80 Å². The number of rotatable bonds is 5. The maximum Gasteiger partial charge on any atom is 0.251 e. The van der Waals surface area contributed by atoms with E-state index >= 15 is 0 Å². The fourth-order valence-electron chi connectivity index (χ4n) is 7.15. The third-order valence-electron chi connectivity index (χ3n) is 7.92. The second kappa shape index (κ2) is 8.12. The Labute approximate surface area is 214 Å². The molecule has 6 nitrogen and oxygen atoms in total. The third-order valence-corrected chi connectivity index (χ3v) is 7.92. The minimum absolute atomic E-state index is 0.00923. The first-order valence-electron chi connectivity index (χ1n) is 12.8. The van der Waals surface area contributed by atoms with Crippen LogP contribution in [0.25, 0.3) is 0 Å². The molecule has 0 saturated carbocycles. The Hall–Kier alpha value is -3.28. The van der Waals surface area contributed by atoms with Crippen LogP contribution in [0.2, 0.25) is 0 Å². The predicted octanol–water partition coefficient (Wildman–Crippen LogP) is 5.10. The molecule has 3 heterocycles. The number of carbonyl (C=O) groups excluding carboxylic acids is 2. The van der Waals surface area contributed by atoms with Gasteiger partial charge in [-0.05, 0) is 61.9 Å². The number of para-hydroxylation sites is 1. The van der Waals surface area contributed by atoms with Gasteiger partial charge in [-0.1, -0.05) is 57.2 Å². The van der Waals surface area contributed by atoms with Crippen LogP contribution in [0.3, 0.4) is 0 Å². The second-order valence-electron chi connectivity index (χ2n) is 12.1. The molecule has 0 unspecified atom stereocenters. The Morgan fingerprint density at radius 2 is 1.69 bits per heavy atom. The van der Waals surface area contributed by atoms with Crippen LogP contribution >= 0.6 is 0 Å². The minimum atomic E-state index is -0.763. The number of benzene rings is 2. The lowest BCUT2D eigenvalue weighted by Crippen LogP contribution is -2.56. The molecule has 3 atom stereocenters. The van der Waals surface area contributed by atoms with Crippen LogP contribution in [0.15, 0.2) is 60.2 Å². The number of fused-ring (bicyclic) bond motifs is 1. The molecule has 0 radical (unpaired) electrons. The van der Waals surface area contributed by atoms with Crippen molar-refractivity contribution < 1.29 is 14.3 Å². The van der Waals surface area contributed by atoms with Crippen LogP contribution in [-0.2, 0) is 21.5 Å². The van der Waals surface area contributed by atoms with E-state index in [1.54, 1.807) is 12.0 Å². The normalized spacial score (nSPS) is 26.2. The first kappa shape index (κ1) is 24.4. The number of methoxy groups -OCH3 is 1. The van der Waals surface area contributed by atoms with Crippen molar-refractivity contribution >= 4 is 17.5 Å². The quantitative estimate of drug-likeness (QED) is 0.596. The van der Waals surface area contributed by atoms with E-state index in [1.165, 1.54) is 0 Å². The number of ether oxygens (including phenoxy) is 1. The summed E-state index contributed by atoms with van der Waals surface area (Å²) in [5, 5.41) is 3.68. The molecule has 2 saturated heterocycles. The first-order valence-corrected chi connectivity index (χ1v) is 12.8. The van der Waals surface area contributed by atoms with E-state index in [2.05, 4.69) is 52.1 Å². The summed E-state index contributed by atoms with van der Waals surface area (Å²) in [6.45, 7) is 13.2. The molecule has 1 N–H and O–H groups in total. The molecule has 0 bridgehead atoms. The number of anilines is 1. The van der Waals surface area contributed by atoms with Gasteiger partial charge in [-0.15, -0.1) is 0 Å². The molecule has 36 heavy (non-hydrogen) atoms. The molecule has 0 aromatic heterocycles. The Kier molecular flexibility index (Phi) is 5.51. The molecule has 1 spiro atoms. The topological polar surface area (TPSA) is 61.9 Å². The summed E-state index contributed by atoms with van der Waals surface area (Å²) in [6, 6.07) is 15.3. The van der Waals surface area contributed by atoms with Crippen molar-refractivity contribution in [3.8, 4) is 5.75 Å². The van der Waals surface area contributed by atoms with Gasteiger partial charge in [0.15, 0.2) is 0 Å². The van der Waals surface area contributed by atoms with Gasteiger partial charge >= 0.3 is 0 Å². The first-order chi connectivity index (χ1) is 17.0. The Bertz CT molecular complexity index is 1240. The molecule has 5 rings (SSSR count). The number of allylic oxidation sites excluding steroid dienone is 1. The average molecular weight is 488 g/mol. The Balaban J connectivity index is 1.67. The average Bonchev–Trinajstić information content (AvgIpc) is 3.34. The molecule has 0 aliphatic carbocycles. The van der Waals surface area contributed by atoms with Crippen LogP contribution in [0.4, 0.5) is 5.69 Å². The van der Waals surface area contributed by atoms with E-state index in [0.717, 1.165) is 29.0 Å². The SMILES string of the molecule is C/C=C1/C(=O)N(Cc2ccc(OC)cc2)[C@H]2C(=O)N(C(C)(C)CC(C)(C)C)[C@@H]3Nc4ccccc4[C@]123. The fraction of sp³-hybridized carbons (Fsp3) is 0.467. The van der Waals surface area contributed by atoms with Crippen molar-refractivity contribution in [2.45, 2.75) is 77.7 Å². The largest absolute Gasteiger partial charge is 0.497 e. The summed E-state index contributed by atoms with van der Waals surface area (Å²) in [4.78, 5) is 32.3. The summed E-state index contributed by atoms with van der Waals surface area (Å²) in [5.41, 5.74) is 2.54. The molecular formula is C30H37N3O3. The van der Waals surface area contributed by atoms with E-state index in [1.807, 2.05) is 54.3 Å². The van der Waals surface area contributed by atoms with Gasteiger partial charge in [0, 0.05) is 23.3 Å². The molecule has 3 aliphatic heterocycles. The summed E-state index contributed by atoms with van der Waals surface area (Å²) in [5.74, 6) is 0.705. The molecule has 2 aromatic carbocycles. The Morgan fingerprint density at radius 3 is 2.31 bits per heavy atom. The predicted molar refractivity (Wildman–Crippen MR) is 142 cm³/mol. The minimum Gasteiger partial charge on any atom is -0.497 e. The van der Waals surface area contributed by atoms with Crippen molar-refractivity contribution in [1.29, 1.82) is 0 Å².